The molecule has 0 radical (unpaired) electrons. The first-order valence-corrected chi connectivity index (χ1v) is 11.8. The fourth-order valence-corrected chi connectivity index (χ4v) is 2.71. The van der Waals surface area contributed by atoms with Crippen LogP contribution in [0.15, 0.2) is 53.1 Å². The Kier molecular flexibility index (Phi) is 17.8. The second kappa shape index (κ2) is 19.7. The number of nitrogens with zero attached hydrogens (tertiary/aromatic N) is 4. The van der Waals surface area contributed by atoms with Gasteiger partial charge < -0.3 is 19.9 Å². The van der Waals surface area contributed by atoms with E-state index in [1.54, 1.807) is 31.5 Å². The predicted octanol–water partition coefficient (Wildman–Crippen LogP) is 2.33. The van der Waals surface area contributed by atoms with Crippen LogP contribution in [0.25, 0.3) is 11.2 Å². The first-order valence-electron chi connectivity index (χ1n) is 11.8. The number of nitrogens with one attached hydrogen (secondary N) is 1. The summed E-state index contributed by atoms with van der Waals surface area (Å²) in [7, 11) is 3.01. The van der Waals surface area contributed by atoms with E-state index in [-0.39, 0.29) is 30.4 Å². The molecule has 3 aromatic heterocycles. The van der Waals surface area contributed by atoms with Crippen LogP contribution >= 0.6 is 0 Å². The van der Waals surface area contributed by atoms with E-state index in [0.717, 1.165) is 17.4 Å². The molecule has 0 saturated heterocycles. The van der Waals surface area contributed by atoms with Crippen molar-refractivity contribution in [2.75, 3.05) is 19.8 Å². The number of unbranched alkanes of at least 4 members (excludes halogenated alkanes) is 4. The van der Waals surface area contributed by atoms with Gasteiger partial charge in [-0.1, -0.05) is 38.7 Å². The van der Waals surface area contributed by atoms with Gasteiger partial charge in [-0.2, -0.15) is 0 Å². The fraction of sp³-hybridized carbons (Fsp3) is 0.480. The van der Waals surface area contributed by atoms with Crippen molar-refractivity contribution in [1.29, 1.82) is 0 Å². The highest BCUT2D eigenvalue weighted by atomic mass is 16.5. The summed E-state index contributed by atoms with van der Waals surface area (Å²) in [4.78, 5) is 44.7. The van der Waals surface area contributed by atoms with Crippen LogP contribution in [-0.2, 0) is 18.8 Å². The number of rotatable bonds is 8. The molecule has 0 aliphatic heterocycles. The van der Waals surface area contributed by atoms with Gasteiger partial charge in [0.05, 0.1) is 31.7 Å². The number of aryl methyl sites for hydroxylation is 1. The Labute approximate surface area is 211 Å². The zero-order valence-corrected chi connectivity index (χ0v) is 21.6. The zero-order valence-electron chi connectivity index (χ0n) is 21.6. The average molecular weight is 506 g/mol. The van der Waals surface area contributed by atoms with Gasteiger partial charge in [0.1, 0.15) is 5.52 Å². The fourth-order valence-electron chi connectivity index (χ4n) is 2.71. The Bertz CT molecular complexity index is 1120. The van der Waals surface area contributed by atoms with Crippen LogP contribution in [0.5, 0.6) is 0 Å². The van der Waals surface area contributed by atoms with Crippen molar-refractivity contribution in [2.24, 2.45) is 14.1 Å². The van der Waals surface area contributed by atoms with E-state index in [2.05, 4.69) is 28.5 Å². The lowest BCUT2D eigenvalue weighted by molar-refractivity contribution is 0.0497. The molecule has 0 bridgehead atoms. The lowest BCUT2D eigenvalue weighted by atomic mass is 10.2. The molecule has 200 valence electrons. The lowest BCUT2D eigenvalue weighted by Gasteiger charge is -2.04. The highest BCUT2D eigenvalue weighted by Gasteiger charge is 2.09. The van der Waals surface area contributed by atoms with E-state index in [1.807, 2.05) is 6.92 Å². The number of hydrogen-bond acceptors (Lipinski definition) is 8. The maximum Gasteiger partial charge on any atom is 0.339 e. The lowest BCUT2D eigenvalue weighted by Crippen LogP contribution is -2.36. The van der Waals surface area contributed by atoms with Gasteiger partial charge in [0.15, 0.2) is 5.65 Å². The Morgan fingerprint density at radius 3 is 2.33 bits per heavy atom. The minimum absolute atomic E-state index is 0.125. The number of carbonyl (C=O) groups is 1. The third kappa shape index (κ3) is 11.7. The summed E-state index contributed by atoms with van der Waals surface area (Å²) < 4.78 is 7.50. The van der Waals surface area contributed by atoms with E-state index >= 15 is 0 Å². The molecule has 0 aromatic carbocycles. The molecule has 3 rings (SSSR count). The van der Waals surface area contributed by atoms with Crippen LogP contribution in [0.3, 0.4) is 0 Å². The number of hydrogen-bond donors (Lipinski definition) is 3. The topological polar surface area (TPSA) is 152 Å². The van der Waals surface area contributed by atoms with E-state index in [4.69, 9.17) is 14.9 Å². The Morgan fingerprint density at radius 1 is 1.14 bits per heavy atom. The number of H-pyrrole nitrogens is 1. The monoisotopic (exact) mass is 505 g/mol. The molecular formula is C25H39N5O6. The number of ether oxygens (including phenoxy) is 1. The average Bonchev–Trinajstić information content (AvgIpc) is 3.40. The van der Waals surface area contributed by atoms with E-state index in [1.165, 1.54) is 43.4 Å². The van der Waals surface area contributed by atoms with Gasteiger partial charge in [-0.3, -0.25) is 18.9 Å². The molecule has 0 spiro atoms. The number of pyridine rings is 1. The zero-order chi connectivity index (χ0) is 27.3. The summed E-state index contributed by atoms with van der Waals surface area (Å²) >= 11 is 0. The van der Waals surface area contributed by atoms with Gasteiger partial charge in [0.2, 0.25) is 0 Å². The minimum atomic E-state index is -0.371. The highest BCUT2D eigenvalue weighted by Crippen LogP contribution is 2.04. The third-order valence-electron chi connectivity index (χ3n) is 4.51. The molecule has 0 aliphatic rings. The van der Waals surface area contributed by atoms with Gasteiger partial charge in [-0.05, 0) is 25.5 Å². The van der Waals surface area contributed by atoms with Crippen molar-refractivity contribution in [3.63, 3.8) is 0 Å². The number of imidazole rings is 1. The minimum Gasteiger partial charge on any atom is -0.462 e. The van der Waals surface area contributed by atoms with Crippen LogP contribution in [0.4, 0.5) is 0 Å². The molecule has 11 nitrogen and oxygen atoms in total. The number of aliphatic hydroxyl groups excluding tert-OH is 2. The van der Waals surface area contributed by atoms with Crippen LogP contribution in [0.1, 0.15) is 56.3 Å². The largest absolute Gasteiger partial charge is 0.462 e. The molecule has 36 heavy (non-hydrogen) atoms. The van der Waals surface area contributed by atoms with Crippen LogP contribution < -0.4 is 11.2 Å². The first kappa shape index (κ1) is 32.4. The maximum absolute atomic E-state index is 11.5. The Morgan fingerprint density at radius 2 is 1.78 bits per heavy atom. The number of aromatic amines is 1. The van der Waals surface area contributed by atoms with E-state index in [9.17, 15) is 14.4 Å². The summed E-state index contributed by atoms with van der Waals surface area (Å²) in [6.07, 6.45) is 12.1. The number of allylic oxidation sites excluding steroid dienone is 1. The van der Waals surface area contributed by atoms with Gasteiger partial charge >= 0.3 is 11.7 Å². The molecule has 3 aromatic rings. The van der Waals surface area contributed by atoms with Gasteiger partial charge in [-0.25, -0.2) is 14.6 Å². The van der Waals surface area contributed by atoms with Crippen molar-refractivity contribution in [3.8, 4) is 0 Å². The quantitative estimate of drug-likeness (QED) is 0.240. The Hall–Kier alpha value is -3.57. The summed E-state index contributed by atoms with van der Waals surface area (Å²) in [5, 5.41) is 15.2. The van der Waals surface area contributed by atoms with Crippen molar-refractivity contribution in [1.82, 2.24) is 24.1 Å². The van der Waals surface area contributed by atoms with Crippen molar-refractivity contribution < 1.29 is 19.7 Å². The number of aromatic nitrogens is 5. The maximum atomic E-state index is 11.5. The molecule has 0 unspecified atom stereocenters. The van der Waals surface area contributed by atoms with Crippen molar-refractivity contribution in [2.45, 2.75) is 46.0 Å². The molecule has 3 heterocycles. The van der Waals surface area contributed by atoms with Crippen LogP contribution in [-0.4, -0.2) is 60.1 Å². The second-order valence-corrected chi connectivity index (χ2v) is 7.45. The van der Waals surface area contributed by atoms with Crippen molar-refractivity contribution >= 4 is 17.1 Å². The Balaban J connectivity index is 0.000000547. The molecule has 0 atom stereocenters. The highest BCUT2D eigenvalue weighted by molar-refractivity contribution is 5.88. The predicted molar refractivity (Wildman–Crippen MR) is 140 cm³/mol. The van der Waals surface area contributed by atoms with Gasteiger partial charge in [-0.15, -0.1) is 6.58 Å². The SMILES string of the molecule is C=CC.CCCCCCCOC(=O)c1cccnc1.Cn1c(=O)c2[nH]cnc2n(C)c1=O.OCCO. The van der Waals surface area contributed by atoms with Crippen LogP contribution in [0.2, 0.25) is 0 Å². The molecule has 3 N–H and O–H groups in total. The summed E-state index contributed by atoms with van der Waals surface area (Å²) in [6.45, 7) is 7.69. The second-order valence-electron chi connectivity index (χ2n) is 7.45. The van der Waals surface area contributed by atoms with Gasteiger partial charge in [0, 0.05) is 26.5 Å². The molecular weight excluding hydrogens is 466 g/mol. The number of esters is 1. The molecule has 0 saturated carbocycles. The third-order valence-corrected chi connectivity index (χ3v) is 4.51. The van der Waals surface area contributed by atoms with E-state index < -0.39 is 0 Å². The van der Waals surface area contributed by atoms with E-state index in [0.29, 0.717) is 23.3 Å². The first-order chi connectivity index (χ1) is 17.3. The number of aliphatic hydroxyl groups is 2. The number of fused-ring (bicyclic) bond motifs is 1. The number of carbonyl (C=O) groups excluding carboxylic acids is 1. The normalized spacial score (nSPS) is 9.61. The standard InChI is InChI=1S/C13H19NO2.C7H8N4O2.C3H6.C2H6O2/c1-2-3-4-5-6-10-16-13(15)12-8-7-9-14-11-12;1-10-5-4(8-3-9-5)6(12)11(2)7(10)13;1-3-2;3-1-2-4/h7-9,11H,2-6,10H2,1H3;3H,1-2H3,(H,8,9);3H,1H2,2H3;3-4H,1-2H2. The molecule has 0 aliphatic carbocycles. The molecule has 0 fully saturated rings. The summed E-state index contributed by atoms with van der Waals surface area (Å²) in [6, 6.07) is 3.45. The summed E-state index contributed by atoms with van der Waals surface area (Å²) in [5.41, 5.74) is 0.536. The van der Waals surface area contributed by atoms with Gasteiger partial charge in [0.25, 0.3) is 5.56 Å². The van der Waals surface area contributed by atoms with Crippen molar-refractivity contribution in [3.05, 3.63) is 69.9 Å². The smallest absolute Gasteiger partial charge is 0.339 e. The van der Waals surface area contributed by atoms with Crippen LogP contribution in [0, 0.1) is 0 Å². The summed E-state index contributed by atoms with van der Waals surface area (Å²) in [5.74, 6) is -0.274. The molecule has 0 amide bonds. The molecule has 11 heteroatoms.